The maximum atomic E-state index is 12.1. The van der Waals surface area contributed by atoms with Crippen LogP contribution in [0.4, 0.5) is 11.4 Å². The molecule has 2 rings (SSSR count). The van der Waals surface area contributed by atoms with Crippen LogP contribution in [0.2, 0.25) is 5.02 Å². The third-order valence-corrected chi connectivity index (χ3v) is 3.74. The molecular formula is C18H21ClN2O2. The number of carbonyl (C=O) groups excluding carboxylic acids is 1. The van der Waals surface area contributed by atoms with Crippen molar-refractivity contribution >= 4 is 28.9 Å². The summed E-state index contributed by atoms with van der Waals surface area (Å²) in [5.74, 6) is 0.499. The van der Waals surface area contributed by atoms with Crippen LogP contribution in [0.25, 0.3) is 0 Å². The summed E-state index contributed by atoms with van der Waals surface area (Å²) in [6.45, 7) is 2.67. The van der Waals surface area contributed by atoms with E-state index in [-0.39, 0.29) is 5.91 Å². The van der Waals surface area contributed by atoms with Crippen LogP contribution in [0.5, 0.6) is 5.75 Å². The van der Waals surface area contributed by atoms with Gasteiger partial charge < -0.3 is 15.4 Å². The Balaban J connectivity index is 1.89. The number of amides is 1. The molecule has 23 heavy (non-hydrogen) atoms. The van der Waals surface area contributed by atoms with Crippen LogP contribution >= 0.6 is 11.6 Å². The van der Waals surface area contributed by atoms with E-state index in [1.807, 2.05) is 18.2 Å². The number of benzene rings is 2. The van der Waals surface area contributed by atoms with E-state index in [4.69, 9.17) is 16.3 Å². The zero-order valence-electron chi connectivity index (χ0n) is 13.4. The van der Waals surface area contributed by atoms with E-state index in [0.29, 0.717) is 29.4 Å². The molecular weight excluding hydrogens is 312 g/mol. The van der Waals surface area contributed by atoms with Crippen LogP contribution in [0, 0.1) is 0 Å². The summed E-state index contributed by atoms with van der Waals surface area (Å²) in [5.41, 5.74) is 2.89. The fraction of sp³-hybridized carbons (Fsp3) is 0.278. The molecule has 122 valence electrons. The second kappa shape index (κ2) is 8.44. The summed E-state index contributed by atoms with van der Waals surface area (Å²) >= 11 is 5.96. The summed E-state index contributed by atoms with van der Waals surface area (Å²) in [5, 5.41) is 6.68. The average Bonchev–Trinajstić information content (AvgIpc) is 2.55. The van der Waals surface area contributed by atoms with Crippen LogP contribution < -0.4 is 15.4 Å². The predicted molar refractivity (Wildman–Crippen MR) is 95.6 cm³/mol. The van der Waals surface area contributed by atoms with Crippen molar-refractivity contribution in [3.63, 3.8) is 0 Å². The van der Waals surface area contributed by atoms with Gasteiger partial charge in [0.05, 0.1) is 12.8 Å². The molecule has 2 N–H and O–H groups in total. The number of para-hydroxylation sites is 1. The van der Waals surface area contributed by atoms with Crippen LogP contribution in [-0.4, -0.2) is 19.6 Å². The van der Waals surface area contributed by atoms with Crippen LogP contribution in [0.3, 0.4) is 0 Å². The molecule has 2 aromatic rings. The quantitative estimate of drug-likeness (QED) is 0.792. The number of hydrogen-bond donors (Lipinski definition) is 2. The number of hydrogen-bond acceptors (Lipinski definition) is 3. The van der Waals surface area contributed by atoms with Gasteiger partial charge in [-0.3, -0.25) is 4.79 Å². The molecule has 0 saturated heterocycles. The first-order chi connectivity index (χ1) is 11.1. The molecule has 0 aliphatic rings. The Hall–Kier alpha value is -2.20. The molecule has 0 aliphatic carbocycles. The molecule has 0 aliphatic heterocycles. The lowest BCUT2D eigenvalue weighted by Gasteiger charge is -2.12. The fourth-order valence-electron chi connectivity index (χ4n) is 2.30. The van der Waals surface area contributed by atoms with Crippen molar-refractivity contribution < 1.29 is 9.53 Å². The van der Waals surface area contributed by atoms with Gasteiger partial charge in [0.25, 0.3) is 0 Å². The molecule has 0 atom stereocenters. The summed E-state index contributed by atoms with van der Waals surface area (Å²) in [4.78, 5) is 12.1. The van der Waals surface area contributed by atoms with E-state index in [2.05, 4.69) is 23.6 Å². The topological polar surface area (TPSA) is 50.4 Å². The molecule has 0 heterocycles. The highest BCUT2D eigenvalue weighted by molar-refractivity contribution is 6.31. The lowest BCUT2D eigenvalue weighted by Crippen LogP contribution is -2.17. The molecule has 4 nitrogen and oxygen atoms in total. The Morgan fingerprint density at radius 1 is 1.17 bits per heavy atom. The highest BCUT2D eigenvalue weighted by atomic mass is 35.5. The Kier molecular flexibility index (Phi) is 6.29. The van der Waals surface area contributed by atoms with Gasteiger partial charge in [0.15, 0.2) is 0 Å². The summed E-state index contributed by atoms with van der Waals surface area (Å²) < 4.78 is 5.22. The van der Waals surface area contributed by atoms with E-state index in [9.17, 15) is 4.79 Å². The average molecular weight is 333 g/mol. The van der Waals surface area contributed by atoms with E-state index in [1.165, 1.54) is 5.56 Å². The summed E-state index contributed by atoms with van der Waals surface area (Å²) in [6, 6.07) is 13.2. The molecule has 0 spiro atoms. The summed E-state index contributed by atoms with van der Waals surface area (Å²) in [6.07, 6.45) is 1.31. The second-order valence-electron chi connectivity index (χ2n) is 5.08. The Labute approximate surface area is 141 Å². The maximum Gasteiger partial charge on any atom is 0.226 e. The molecule has 0 bridgehead atoms. The number of anilines is 2. The number of halogens is 1. The van der Waals surface area contributed by atoms with E-state index < -0.39 is 0 Å². The van der Waals surface area contributed by atoms with Crippen molar-refractivity contribution in [3.8, 4) is 5.75 Å². The Morgan fingerprint density at radius 2 is 1.96 bits per heavy atom. The van der Waals surface area contributed by atoms with Gasteiger partial charge in [-0.2, -0.15) is 0 Å². The SMILES string of the molecule is CCc1ccccc1NCCC(=O)Nc1cc(Cl)ccc1OC. The van der Waals surface area contributed by atoms with Gasteiger partial charge in [0.1, 0.15) is 5.75 Å². The lowest BCUT2D eigenvalue weighted by atomic mass is 10.1. The minimum Gasteiger partial charge on any atom is -0.495 e. The van der Waals surface area contributed by atoms with Gasteiger partial charge in [-0.15, -0.1) is 0 Å². The first-order valence-electron chi connectivity index (χ1n) is 7.59. The van der Waals surface area contributed by atoms with Crippen LogP contribution in [0.1, 0.15) is 18.9 Å². The second-order valence-corrected chi connectivity index (χ2v) is 5.52. The molecule has 5 heteroatoms. The van der Waals surface area contributed by atoms with Gasteiger partial charge in [0.2, 0.25) is 5.91 Å². The first kappa shape index (κ1) is 17.2. The zero-order valence-corrected chi connectivity index (χ0v) is 14.1. The van der Waals surface area contributed by atoms with E-state index in [1.54, 1.807) is 25.3 Å². The third-order valence-electron chi connectivity index (χ3n) is 3.50. The van der Waals surface area contributed by atoms with Crippen molar-refractivity contribution in [3.05, 3.63) is 53.1 Å². The summed E-state index contributed by atoms with van der Waals surface area (Å²) in [7, 11) is 1.56. The number of methoxy groups -OCH3 is 1. The molecule has 2 aromatic carbocycles. The van der Waals surface area contributed by atoms with Crippen molar-refractivity contribution in [2.24, 2.45) is 0 Å². The zero-order chi connectivity index (χ0) is 16.7. The largest absolute Gasteiger partial charge is 0.495 e. The minimum absolute atomic E-state index is 0.0907. The van der Waals surface area contributed by atoms with Crippen molar-refractivity contribution in [2.75, 3.05) is 24.3 Å². The maximum absolute atomic E-state index is 12.1. The van der Waals surface area contributed by atoms with Crippen LogP contribution in [0.15, 0.2) is 42.5 Å². The number of nitrogens with one attached hydrogen (secondary N) is 2. The van der Waals surface area contributed by atoms with Gasteiger partial charge in [-0.25, -0.2) is 0 Å². The van der Waals surface area contributed by atoms with Crippen molar-refractivity contribution in [2.45, 2.75) is 19.8 Å². The normalized spacial score (nSPS) is 10.2. The lowest BCUT2D eigenvalue weighted by molar-refractivity contribution is -0.116. The van der Waals surface area contributed by atoms with Gasteiger partial charge >= 0.3 is 0 Å². The molecule has 1 amide bonds. The fourth-order valence-corrected chi connectivity index (χ4v) is 2.47. The van der Waals surface area contributed by atoms with Gasteiger partial charge in [-0.05, 0) is 36.2 Å². The molecule has 0 fully saturated rings. The molecule has 0 radical (unpaired) electrons. The number of aryl methyl sites for hydroxylation is 1. The monoisotopic (exact) mass is 332 g/mol. The van der Waals surface area contributed by atoms with Gasteiger partial charge in [-0.1, -0.05) is 36.7 Å². The Bertz CT molecular complexity index is 674. The third kappa shape index (κ3) is 4.89. The van der Waals surface area contributed by atoms with Crippen LogP contribution in [-0.2, 0) is 11.2 Å². The highest BCUT2D eigenvalue weighted by Crippen LogP contribution is 2.27. The minimum atomic E-state index is -0.0907. The van der Waals surface area contributed by atoms with Crippen molar-refractivity contribution in [1.29, 1.82) is 0 Å². The number of carbonyl (C=O) groups is 1. The van der Waals surface area contributed by atoms with Crippen molar-refractivity contribution in [1.82, 2.24) is 0 Å². The number of rotatable bonds is 7. The standard InChI is InChI=1S/C18H21ClN2O2/c1-3-13-6-4-5-7-15(13)20-11-10-18(22)21-16-12-14(19)8-9-17(16)23-2/h4-9,12,20H,3,10-11H2,1-2H3,(H,21,22). The predicted octanol–water partition coefficient (Wildman–Crippen LogP) is 4.35. The molecule has 0 unspecified atom stereocenters. The van der Waals surface area contributed by atoms with Gasteiger partial charge in [0, 0.05) is 23.7 Å². The van der Waals surface area contributed by atoms with E-state index in [0.717, 1.165) is 12.1 Å². The Morgan fingerprint density at radius 3 is 2.70 bits per heavy atom. The molecule has 0 aromatic heterocycles. The first-order valence-corrected chi connectivity index (χ1v) is 7.97. The highest BCUT2D eigenvalue weighted by Gasteiger charge is 2.08. The molecule has 0 saturated carbocycles. The smallest absolute Gasteiger partial charge is 0.226 e. The number of ether oxygens (including phenoxy) is 1. The van der Waals surface area contributed by atoms with E-state index >= 15 is 0 Å².